The number of ether oxygens (including phenoxy) is 2. The Bertz CT molecular complexity index is 706. The number of hydrogen-bond acceptors (Lipinski definition) is 6. The highest BCUT2D eigenvalue weighted by molar-refractivity contribution is 7.98. The number of rotatable bonds is 3. The van der Waals surface area contributed by atoms with Gasteiger partial charge in [-0.1, -0.05) is 0 Å². The van der Waals surface area contributed by atoms with E-state index in [1.165, 1.54) is 5.56 Å². The first kappa shape index (κ1) is 12.8. The zero-order valence-corrected chi connectivity index (χ0v) is 12.5. The van der Waals surface area contributed by atoms with Crippen molar-refractivity contribution >= 4 is 17.6 Å². The van der Waals surface area contributed by atoms with E-state index in [9.17, 15) is 0 Å². The highest BCUT2D eigenvalue weighted by Gasteiger charge is 2.21. The van der Waals surface area contributed by atoms with Crippen molar-refractivity contribution in [2.75, 3.05) is 18.7 Å². The van der Waals surface area contributed by atoms with Gasteiger partial charge in [0.15, 0.2) is 17.3 Å². The van der Waals surface area contributed by atoms with Gasteiger partial charge >= 0.3 is 0 Å². The molecule has 5 nitrogen and oxygen atoms in total. The van der Waals surface area contributed by atoms with Crippen LogP contribution in [0.15, 0.2) is 18.2 Å². The Morgan fingerprint density at radius 3 is 3.00 bits per heavy atom. The normalized spacial score (nSPS) is 15.1. The van der Waals surface area contributed by atoms with E-state index in [0.29, 0.717) is 0 Å². The van der Waals surface area contributed by atoms with Crippen molar-refractivity contribution in [2.24, 2.45) is 0 Å². The predicted molar refractivity (Wildman–Crippen MR) is 82.8 cm³/mol. The third-order valence-corrected chi connectivity index (χ3v) is 4.52. The van der Waals surface area contributed by atoms with Gasteiger partial charge in [-0.05, 0) is 25.1 Å². The van der Waals surface area contributed by atoms with Gasteiger partial charge in [-0.2, -0.15) is 11.8 Å². The molecule has 0 unspecified atom stereocenters. The summed E-state index contributed by atoms with van der Waals surface area (Å²) >= 11 is 1.88. The minimum Gasteiger partial charge on any atom is -0.454 e. The monoisotopic (exact) mass is 301 g/mol. The molecule has 2 aliphatic rings. The number of fused-ring (bicyclic) bond motifs is 2. The lowest BCUT2D eigenvalue weighted by Gasteiger charge is -2.10. The number of nitrogens with zero attached hydrogens (tertiary/aromatic N) is 2. The molecule has 0 atom stereocenters. The molecular weight excluding hydrogens is 286 g/mol. The highest BCUT2D eigenvalue weighted by atomic mass is 32.2. The number of nitrogens with one attached hydrogen (secondary N) is 1. The number of anilines is 1. The molecule has 0 spiro atoms. The number of benzene rings is 1. The number of thioether (sulfide) groups is 1. The van der Waals surface area contributed by atoms with Gasteiger partial charge in [-0.15, -0.1) is 0 Å². The third kappa shape index (κ3) is 2.19. The molecule has 2 aliphatic heterocycles. The van der Waals surface area contributed by atoms with Gasteiger partial charge in [0.1, 0.15) is 5.82 Å². The minimum atomic E-state index is 0.281. The maximum atomic E-state index is 5.43. The predicted octanol–water partition coefficient (Wildman–Crippen LogP) is 3.05. The van der Waals surface area contributed by atoms with E-state index in [2.05, 4.69) is 12.2 Å². The van der Waals surface area contributed by atoms with E-state index >= 15 is 0 Å². The summed E-state index contributed by atoms with van der Waals surface area (Å²) in [7, 11) is 0. The lowest BCUT2D eigenvalue weighted by molar-refractivity contribution is 0.174. The second kappa shape index (κ2) is 5.11. The van der Waals surface area contributed by atoms with Gasteiger partial charge in [0, 0.05) is 29.2 Å². The average Bonchev–Trinajstić information content (AvgIpc) is 3.15. The van der Waals surface area contributed by atoms with Crippen LogP contribution in [-0.4, -0.2) is 23.3 Å². The summed E-state index contributed by atoms with van der Waals surface area (Å²) in [5, 5.41) is 3.35. The third-order valence-electron chi connectivity index (χ3n) is 3.55. The second-order valence-corrected chi connectivity index (χ2v) is 5.90. The Kier molecular flexibility index (Phi) is 3.11. The molecule has 21 heavy (non-hydrogen) atoms. The van der Waals surface area contributed by atoms with Crippen LogP contribution < -0.4 is 14.8 Å². The van der Waals surface area contributed by atoms with E-state index in [0.717, 1.165) is 52.4 Å². The Morgan fingerprint density at radius 1 is 1.19 bits per heavy atom. The van der Waals surface area contributed by atoms with Gasteiger partial charge < -0.3 is 14.8 Å². The molecule has 0 saturated carbocycles. The molecule has 3 heterocycles. The Labute approximate surface area is 127 Å². The summed E-state index contributed by atoms with van der Waals surface area (Å²) in [6, 6.07) is 5.84. The number of hydrogen-bond donors (Lipinski definition) is 1. The molecule has 0 radical (unpaired) electrons. The van der Waals surface area contributed by atoms with Crippen molar-refractivity contribution in [3.63, 3.8) is 0 Å². The quantitative estimate of drug-likeness (QED) is 0.940. The smallest absolute Gasteiger partial charge is 0.231 e. The first-order valence-corrected chi connectivity index (χ1v) is 8.12. The summed E-state index contributed by atoms with van der Waals surface area (Å²) in [6.45, 7) is 3.22. The van der Waals surface area contributed by atoms with Crippen molar-refractivity contribution < 1.29 is 9.47 Å². The lowest BCUT2D eigenvalue weighted by Crippen LogP contribution is -2.06. The SMILES string of the molecule is CCNc1nc(-c2ccc3c(c2)OCO3)nc2c1CSC2. The van der Waals surface area contributed by atoms with E-state index in [4.69, 9.17) is 19.4 Å². The molecule has 0 aliphatic carbocycles. The molecule has 1 aromatic carbocycles. The lowest BCUT2D eigenvalue weighted by atomic mass is 10.1. The molecule has 6 heteroatoms. The first-order valence-electron chi connectivity index (χ1n) is 6.96. The van der Waals surface area contributed by atoms with Crippen molar-refractivity contribution in [3.05, 3.63) is 29.5 Å². The molecule has 0 bridgehead atoms. The van der Waals surface area contributed by atoms with Crippen LogP contribution in [0.3, 0.4) is 0 Å². The fourth-order valence-electron chi connectivity index (χ4n) is 2.53. The number of aromatic nitrogens is 2. The summed E-state index contributed by atoms with van der Waals surface area (Å²) in [6.07, 6.45) is 0. The fourth-order valence-corrected chi connectivity index (χ4v) is 3.57. The van der Waals surface area contributed by atoms with Crippen molar-refractivity contribution in [1.29, 1.82) is 0 Å². The van der Waals surface area contributed by atoms with Crippen LogP contribution in [0.4, 0.5) is 5.82 Å². The maximum Gasteiger partial charge on any atom is 0.231 e. The van der Waals surface area contributed by atoms with Crippen LogP contribution in [0.1, 0.15) is 18.2 Å². The topological polar surface area (TPSA) is 56.3 Å². The second-order valence-electron chi connectivity index (χ2n) is 4.91. The summed E-state index contributed by atoms with van der Waals surface area (Å²) in [4.78, 5) is 9.42. The molecule has 108 valence electrons. The Balaban J connectivity index is 1.79. The highest BCUT2D eigenvalue weighted by Crippen LogP contribution is 2.37. The van der Waals surface area contributed by atoms with Crippen LogP contribution in [-0.2, 0) is 11.5 Å². The van der Waals surface area contributed by atoms with E-state index < -0.39 is 0 Å². The van der Waals surface area contributed by atoms with Crippen molar-refractivity contribution in [2.45, 2.75) is 18.4 Å². The van der Waals surface area contributed by atoms with Crippen molar-refractivity contribution in [3.8, 4) is 22.9 Å². The molecular formula is C15H15N3O2S. The average molecular weight is 301 g/mol. The summed E-state index contributed by atoms with van der Waals surface area (Å²) in [5.74, 6) is 5.18. The van der Waals surface area contributed by atoms with Gasteiger partial charge in [0.2, 0.25) is 6.79 Å². The van der Waals surface area contributed by atoms with Gasteiger partial charge in [-0.3, -0.25) is 0 Å². The molecule has 4 rings (SSSR count). The minimum absolute atomic E-state index is 0.281. The largest absolute Gasteiger partial charge is 0.454 e. The van der Waals surface area contributed by atoms with Crippen LogP contribution in [0, 0.1) is 0 Å². The van der Waals surface area contributed by atoms with Crippen LogP contribution >= 0.6 is 11.8 Å². The molecule has 1 N–H and O–H groups in total. The molecule has 0 fully saturated rings. The first-order chi connectivity index (χ1) is 10.3. The van der Waals surface area contributed by atoms with Crippen LogP contribution in [0.25, 0.3) is 11.4 Å². The van der Waals surface area contributed by atoms with E-state index in [1.54, 1.807) is 0 Å². The molecule has 0 saturated heterocycles. The van der Waals surface area contributed by atoms with Gasteiger partial charge in [-0.25, -0.2) is 9.97 Å². The standard InChI is InChI=1S/C15H15N3O2S/c1-2-16-15-10-6-21-7-11(10)17-14(18-15)9-3-4-12-13(5-9)20-8-19-12/h3-5H,2,6-8H2,1H3,(H,16,17,18). The molecule has 0 amide bonds. The van der Waals surface area contributed by atoms with Crippen LogP contribution in [0.5, 0.6) is 11.5 Å². The van der Waals surface area contributed by atoms with E-state index in [1.807, 2.05) is 30.0 Å². The van der Waals surface area contributed by atoms with Gasteiger partial charge in [0.25, 0.3) is 0 Å². The zero-order chi connectivity index (χ0) is 14.2. The fraction of sp³-hybridized carbons (Fsp3) is 0.333. The maximum absolute atomic E-state index is 5.43. The van der Waals surface area contributed by atoms with Gasteiger partial charge in [0.05, 0.1) is 5.69 Å². The summed E-state index contributed by atoms with van der Waals surface area (Å²) < 4.78 is 10.8. The molecule has 1 aromatic heterocycles. The summed E-state index contributed by atoms with van der Waals surface area (Å²) in [5.41, 5.74) is 3.34. The zero-order valence-electron chi connectivity index (χ0n) is 11.7. The Hall–Kier alpha value is -1.95. The van der Waals surface area contributed by atoms with Crippen LogP contribution in [0.2, 0.25) is 0 Å². The van der Waals surface area contributed by atoms with Crippen molar-refractivity contribution in [1.82, 2.24) is 9.97 Å². The Morgan fingerprint density at radius 2 is 2.10 bits per heavy atom. The van der Waals surface area contributed by atoms with E-state index in [-0.39, 0.29) is 6.79 Å². The molecule has 2 aromatic rings.